The van der Waals surface area contributed by atoms with E-state index in [1.54, 1.807) is 20.8 Å². The van der Waals surface area contributed by atoms with Crippen LogP contribution >= 0.6 is 11.3 Å². The van der Waals surface area contributed by atoms with Gasteiger partial charge in [-0.15, -0.1) is 11.3 Å². The number of nitrogens with two attached hydrogens (primary N) is 1. The van der Waals surface area contributed by atoms with Crippen LogP contribution in [0.3, 0.4) is 0 Å². The Labute approximate surface area is 152 Å². The number of nitrogens with zero attached hydrogens (tertiary/aromatic N) is 2. The minimum atomic E-state index is -4.55. The van der Waals surface area contributed by atoms with E-state index < -0.39 is 55.0 Å². The van der Waals surface area contributed by atoms with Gasteiger partial charge in [0.05, 0.1) is 12.1 Å². The number of hydrogen-bond acceptors (Lipinski definition) is 6. The molecule has 1 aliphatic rings. The molecule has 0 unspecified atom stereocenters. The van der Waals surface area contributed by atoms with Crippen LogP contribution in [-0.2, 0) is 10.3 Å². The molecular formula is C15H22F3N3O4S. The van der Waals surface area contributed by atoms with Crippen LogP contribution in [0.4, 0.5) is 23.8 Å². The first-order valence-corrected chi connectivity index (χ1v) is 8.76. The van der Waals surface area contributed by atoms with Crippen molar-refractivity contribution in [2.24, 2.45) is 11.7 Å². The first-order chi connectivity index (χ1) is 11.8. The molecule has 3 atom stereocenters. The van der Waals surface area contributed by atoms with Gasteiger partial charge in [-0.05, 0) is 27.2 Å². The first kappa shape index (κ1) is 20.9. The smallest absolute Gasteiger partial charge is 0.414 e. The van der Waals surface area contributed by atoms with E-state index in [0.717, 1.165) is 16.2 Å². The Morgan fingerprint density at radius 3 is 2.58 bits per heavy atom. The molecule has 2 heterocycles. The minimum Gasteiger partial charge on any atom is -0.465 e. The van der Waals surface area contributed by atoms with Crippen molar-refractivity contribution in [1.29, 1.82) is 0 Å². The van der Waals surface area contributed by atoms with Crippen LogP contribution in [0, 0.1) is 5.92 Å². The molecule has 0 radical (unpaired) electrons. The van der Waals surface area contributed by atoms with Gasteiger partial charge < -0.3 is 20.7 Å². The highest BCUT2D eigenvalue weighted by Gasteiger charge is 2.52. The molecular weight excluding hydrogens is 375 g/mol. The van der Waals surface area contributed by atoms with Crippen LogP contribution in [0.2, 0.25) is 0 Å². The fourth-order valence-corrected chi connectivity index (χ4v) is 3.87. The molecule has 0 bridgehead atoms. The van der Waals surface area contributed by atoms with Crippen LogP contribution in [0.25, 0.3) is 0 Å². The summed E-state index contributed by atoms with van der Waals surface area (Å²) in [5, 5.41) is 20.7. The maximum absolute atomic E-state index is 12.9. The number of aliphatic hydroxyl groups excluding tert-OH is 1. The zero-order valence-corrected chi connectivity index (χ0v) is 15.4. The summed E-state index contributed by atoms with van der Waals surface area (Å²) < 4.78 is 43.6. The normalized spacial score (nSPS) is 27.4. The van der Waals surface area contributed by atoms with Gasteiger partial charge in [0.2, 0.25) is 0 Å². The lowest BCUT2D eigenvalue weighted by Crippen LogP contribution is -2.57. The molecule has 1 amide bonds. The second-order valence-corrected chi connectivity index (χ2v) is 8.15. The monoisotopic (exact) mass is 397 g/mol. The number of halogens is 3. The topological polar surface area (TPSA) is 109 Å². The maximum Gasteiger partial charge on any atom is 0.414 e. The molecule has 0 saturated carbocycles. The quantitative estimate of drug-likeness (QED) is 0.723. The third-order valence-corrected chi connectivity index (χ3v) is 5.34. The van der Waals surface area contributed by atoms with E-state index in [2.05, 4.69) is 4.98 Å². The zero-order valence-electron chi connectivity index (χ0n) is 14.6. The van der Waals surface area contributed by atoms with E-state index in [4.69, 9.17) is 10.5 Å². The summed E-state index contributed by atoms with van der Waals surface area (Å²) in [6, 6.07) is 0. The molecule has 1 aliphatic heterocycles. The third kappa shape index (κ3) is 3.95. The van der Waals surface area contributed by atoms with Gasteiger partial charge in [0.15, 0.2) is 6.10 Å². The molecule has 4 N–H and O–H groups in total. The Kier molecular flexibility index (Phi) is 5.58. The molecule has 0 aliphatic carbocycles. The Morgan fingerprint density at radius 1 is 1.50 bits per heavy atom. The van der Waals surface area contributed by atoms with E-state index in [0.29, 0.717) is 0 Å². The molecule has 1 fully saturated rings. The Morgan fingerprint density at radius 2 is 2.12 bits per heavy atom. The average Bonchev–Trinajstić information content (AvgIpc) is 2.94. The summed E-state index contributed by atoms with van der Waals surface area (Å²) in [4.78, 5) is 16.8. The number of carbonyl (C=O) groups is 1. The van der Waals surface area contributed by atoms with Crippen molar-refractivity contribution in [3.05, 3.63) is 10.4 Å². The highest BCUT2D eigenvalue weighted by molar-refractivity contribution is 7.10. The SMILES string of the molecule is CC(C)(C)N(C(=O)O)c1csc([C@]2(N)CO[C@@H](C(F)(F)F)C[C@H]2CO)n1. The van der Waals surface area contributed by atoms with E-state index in [-0.39, 0.29) is 10.8 Å². The van der Waals surface area contributed by atoms with Crippen molar-refractivity contribution >= 4 is 23.2 Å². The number of thiazole rings is 1. The molecule has 7 nitrogen and oxygen atoms in total. The predicted molar refractivity (Wildman–Crippen MR) is 89.2 cm³/mol. The fraction of sp³-hybridized carbons (Fsp3) is 0.733. The summed E-state index contributed by atoms with van der Waals surface area (Å²) in [6.45, 7) is 4.02. The van der Waals surface area contributed by atoms with Crippen molar-refractivity contribution < 1.29 is 32.9 Å². The largest absolute Gasteiger partial charge is 0.465 e. The fourth-order valence-electron chi connectivity index (χ4n) is 2.91. The van der Waals surface area contributed by atoms with Gasteiger partial charge in [0.25, 0.3) is 0 Å². The summed E-state index contributed by atoms with van der Waals surface area (Å²) in [5.74, 6) is -0.792. The molecule has 148 valence electrons. The molecule has 11 heteroatoms. The third-order valence-electron chi connectivity index (χ3n) is 4.32. The number of amides is 1. The predicted octanol–water partition coefficient (Wildman–Crippen LogP) is 2.54. The van der Waals surface area contributed by atoms with Crippen LogP contribution in [-0.4, -0.2) is 52.3 Å². The number of rotatable bonds is 3. The Bertz CT molecular complexity index is 661. The van der Waals surface area contributed by atoms with Gasteiger partial charge in [0, 0.05) is 23.4 Å². The van der Waals surface area contributed by atoms with E-state index in [1.165, 1.54) is 5.38 Å². The summed E-state index contributed by atoms with van der Waals surface area (Å²) in [6.07, 6.45) is -8.25. The number of aliphatic hydroxyl groups is 1. The number of anilines is 1. The van der Waals surface area contributed by atoms with Gasteiger partial charge >= 0.3 is 12.3 Å². The summed E-state index contributed by atoms with van der Waals surface area (Å²) in [7, 11) is 0. The van der Waals surface area contributed by atoms with E-state index in [9.17, 15) is 28.2 Å². The van der Waals surface area contributed by atoms with Crippen molar-refractivity contribution in [3.63, 3.8) is 0 Å². The van der Waals surface area contributed by atoms with Gasteiger partial charge in [0.1, 0.15) is 10.8 Å². The van der Waals surface area contributed by atoms with Gasteiger partial charge in [-0.1, -0.05) is 0 Å². The highest BCUT2D eigenvalue weighted by atomic mass is 32.1. The van der Waals surface area contributed by atoms with Crippen LogP contribution in [0.15, 0.2) is 5.38 Å². The lowest BCUT2D eigenvalue weighted by atomic mass is 9.80. The van der Waals surface area contributed by atoms with E-state index in [1.807, 2.05) is 0 Å². The second kappa shape index (κ2) is 6.95. The molecule has 1 saturated heterocycles. The average molecular weight is 397 g/mol. The van der Waals surface area contributed by atoms with Crippen molar-refractivity contribution in [2.75, 3.05) is 18.1 Å². The number of carboxylic acid groups (broad SMARTS) is 1. The minimum absolute atomic E-state index is 0.129. The number of ether oxygens (including phenoxy) is 1. The van der Waals surface area contributed by atoms with Gasteiger partial charge in [-0.3, -0.25) is 4.90 Å². The highest BCUT2D eigenvalue weighted by Crippen LogP contribution is 2.42. The summed E-state index contributed by atoms with van der Waals surface area (Å²) in [5.41, 5.74) is 4.06. The first-order valence-electron chi connectivity index (χ1n) is 7.88. The Hall–Kier alpha value is -1.43. The lowest BCUT2D eigenvalue weighted by molar-refractivity contribution is -0.248. The van der Waals surface area contributed by atoms with E-state index >= 15 is 0 Å². The van der Waals surface area contributed by atoms with Gasteiger partial charge in [-0.2, -0.15) is 13.2 Å². The molecule has 0 spiro atoms. The molecule has 1 aromatic heterocycles. The Balaban J connectivity index is 2.33. The number of hydrogen-bond donors (Lipinski definition) is 3. The molecule has 26 heavy (non-hydrogen) atoms. The number of aromatic nitrogens is 1. The second-order valence-electron chi connectivity index (χ2n) is 7.30. The lowest BCUT2D eigenvalue weighted by Gasteiger charge is -2.42. The molecule has 1 aromatic rings. The van der Waals surface area contributed by atoms with Crippen LogP contribution in [0.1, 0.15) is 32.2 Å². The van der Waals surface area contributed by atoms with Gasteiger partial charge in [-0.25, -0.2) is 9.78 Å². The van der Waals surface area contributed by atoms with Crippen molar-refractivity contribution in [1.82, 2.24) is 4.98 Å². The molecule has 0 aromatic carbocycles. The summed E-state index contributed by atoms with van der Waals surface area (Å²) >= 11 is 1.03. The van der Waals surface area contributed by atoms with Crippen molar-refractivity contribution in [2.45, 2.75) is 50.6 Å². The standard InChI is InChI=1S/C15H22F3N3O4S/c1-13(2,3)21(12(23)24)10-6-26-11(20-10)14(19)7-25-9(15(16,17)18)4-8(14)5-22/h6,8-9,22H,4-5,7,19H2,1-3H3,(H,23,24)/t8-,9+,14-/m0/s1. The zero-order chi connectivity index (χ0) is 19.9. The number of alkyl halides is 3. The maximum atomic E-state index is 12.9. The van der Waals surface area contributed by atoms with Crippen LogP contribution < -0.4 is 10.6 Å². The molecule has 2 rings (SSSR count). The van der Waals surface area contributed by atoms with Crippen molar-refractivity contribution in [3.8, 4) is 0 Å². The van der Waals surface area contributed by atoms with Crippen LogP contribution in [0.5, 0.6) is 0 Å².